The van der Waals surface area contributed by atoms with Gasteiger partial charge in [0.05, 0.1) is 12.7 Å². The summed E-state index contributed by atoms with van der Waals surface area (Å²) in [7, 11) is 1.85. The maximum Gasteiger partial charge on any atom is 0.194 e. The predicted molar refractivity (Wildman–Crippen MR) is 120 cm³/mol. The molecule has 27 heavy (non-hydrogen) atoms. The highest BCUT2D eigenvalue weighted by atomic mass is 127. The topological polar surface area (TPSA) is 46.1 Å². The quantitative estimate of drug-likeness (QED) is 0.415. The zero-order valence-corrected chi connectivity index (χ0v) is 18.1. The number of hydrogen-bond acceptors (Lipinski definition) is 3. The molecule has 0 radical (unpaired) electrons. The molecule has 0 aromatic heterocycles. The number of ether oxygens (including phenoxy) is 2. The third-order valence-electron chi connectivity index (χ3n) is 5.30. The SMILES string of the molecule is CN=C(NCc1cccc2ccccc12)N1CCOC(C2CCCO2)C1.I. The molecule has 2 heterocycles. The van der Waals surface area contributed by atoms with Crippen molar-refractivity contribution in [2.75, 3.05) is 33.4 Å². The summed E-state index contributed by atoms with van der Waals surface area (Å²) in [5.41, 5.74) is 1.29. The Kier molecular flexibility index (Phi) is 7.32. The van der Waals surface area contributed by atoms with Gasteiger partial charge in [0.1, 0.15) is 6.10 Å². The van der Waals surface area contributed by atoms with E-state index in [4.69, 9.17) is 9.47 Å². The lowest BCUT2D eigenvalue weighted by Gasteiger charge is -2.37. The first-order valence-corrected chi connectivity index (χ1v) is 9.50. The van der Waals surface area contributed by atoms with Crippen molar-refractivity contribution in [2.45, 2.75) is 31.6 Å². The summed E-state index contributed by atoms with van der Waals surface area (Å²) in [6.07, 6.45) is 2.61. The van der Waals surface area contributed by atoms with Crippen LogP contribution in [0.2, 0.25) is 0 Å². The Hall–Kier alpha value is -1.38. The highest BCUT2D eigenvalue weighted by molar-refractivity contribution is 14.0. The number of halogens is 1. The monoisotopic (exact) mass is 481 g/mol. The smallest absolute Gasteiger partial charge is 0.194 e. The lowest BCUT2D eigenvalue weighted by Crippen LogP contribution is -2.53. The molecule has 2 aliphatic rings. The third kappa shape index (κ3) is 4.73. The molecular formula is C21H28IN3O2. The maximum atomic E-state index is 5.96. The van der Waals surface area contributed by atoms with Crippen LogP contribution in [0.4, 0.5) is 0 Å². The molecule has 0 spiro atoms. The minimum Gasteiger partial charge on any atom is -0.375 e. The second kappa shape index (κ2) is 9.71. The van der Waals surface area contributed by atoms with Crippen LogP contribution in [-0.2, 0) is 16.0 Å². The Balaban J connectivity index is 0.00000210. The van der Waals surface area contributed by atoms with E-state index in [1.807, 2.05) is 7.05 Å². The lowest BCUT2D eigenvalue weighted by atomic mass is 10.0. The molecule has 2 atom stereocenters. The maximum absolute atomic E-state index is 5.96. The van der Waals surface area contributed by atoms with Crippen molar-refractivity contribution in [1.82, 2.24) is 10.2 Å². The van der Waals surface area contributed by atoms with E-state index in [1.165, 1.54) is 16.3 Å². The van der Waals surface area contributed by atoms with Crippen LogP contribution >= 0.6 is 24.0 Å². The van der Waals surface area contributed by atoms with Gasteiger partial charge in [-0.05, 0) is 29.2 Å². The number of aliphatic imine (C=N–C) groups is 1. The number of rotatable bonds is 3. The molecule has 2 aromatic rings. The Labute approximate surface area is 178 Å². The molecule has 0 amide bonds. The summed E-state index contributed by atoms with van der Waals surface area (Å²) < 4.78 is 11.8. The lowest BCUT2D eigenvalue weighted by molar-refractivity contribution is -0.0817. The molecule has 2 aliphatic heterocycles. The molecule has 0 bridgehead atoms. The molecule has 1 N–H and O–H groups in total. The zero-order chi connectivity index (χ0) is 17.8. The molecule has 0 aliphatic carbocycles. The van der Waals surface area contributed by atoms with Crippen LogP contribution in [-0.4, -0.2) is 56.4 Å². The van der Waals surface area contributed by atoms with Gasteiger partial charge in [0, 0.05) is 33.3 Å². The van der Waals surface area contributed by atoms with Crippen molar-refractivity contribution < 1.29 is 9.47 Å². The van der Waals surface area contributed by atoms with Gasteiger partial charge in [-0.25, -0.2) is 0 Å². The van der Waals surface area contributed by atoms with Crippen LogP contribution in [0.15, 0.2) is 47.5 Å². The summed E-state index contributed by atoms with van der Waals surface area (Å²) in [6, 6.07) is 15.0. The van der Waals surface area contributed by atoms with Gasteiger partial charge in [0.2, 0.25) is 0 Å². The minimum atomic E-state index is 0. The summed E-state index contributed by atoms with van der Waals surface area (Å²) in [4.78, 5) is 6.80. The Morgan fingerprint density at radius 3 is 2.74 bits per heavy atom. The molecular weight excluding hydrogens is 453 g/mol. The van der Waals surface area contributed by atoms with Gasteiger partial charge >= 0.3 is 0 Å². The average molecular weight is 481 g/mol. The Bertz CT molecular complexity index is 772. The van der Waals surface area contributed by atoms with E-state index < -0.39 is 0 Å². The molecule has 4 rings (SSSR count). The molecule has 2 saturated heterocycles. The second-order valence-corrected chi connectivity index (χ2v) is 6.95. The number of hydrogen-bond donors (Lipinski definition) is 1. The molecule has 5 nitrogen and oxygen atoms in total. The van der Waals surface area contributed by atoms with E-state index in [0.717, 1.165) is 51.6 Å². The molecule has 2 aromatic carbocycles. The van der Waals surface area contributed by atoms with Gasteiger partial charge in [-0.15, -0.1) is 24.0 Å². The van der Waals surface area contributed by atoms with Crippen molar-refractivity contribution in [3.8, 4) is 0 Å². The highest BCUT2D eigenvalue weighted by Crippen LogP contribution is 2.21. The van der Waals surface area contributed by atoms with Gasteiger partial charge in [0.25, 0.3) is 0 Å². The summed E-state index contributed by atoms with van der Waals surface area (Å²) in [5, 5.41) is 6.10. The van der Waals surface area contributed by atoms with Gasteiger partial charge in [-0.2, -0.15) is 0 Å². The standard InChI is InChI=1S/C21H27N3O2.HI/c1-22-21(24-11-13-26-20(15-24)19-10-5-12-25-19)23-14-17-8-4-7-16-6-2-3-9-18(16)17;/h2-4,6-9,19-20H,5,10-15H2,1H3,(H,22,23);1H. The van der Waals surface area contributed by atoms with Crippen molar-refractivity contribution in [3.63, 3.8) is 0 Å². The molecule has 2 unspecified atom stereocenters. The van der Waals surface area contributed by atoms with E-state index >= 15 is 0 Å². The van der Waals surface area contributed by atoms with Gasteiger partial charge in [0.15, 0.2) is 5.96 Å². The van der Waals surface area contributed by atoms with Gasteiger partial charge < -0.3 is 19.7 Å². The van der Waals surface area contributed by atoms with Gasteiger partial charge in [-0.1, -0.05) is 42.5 Å². The van der Waals surface area contributed by atoms with Crippen molar-refractivity contribution in [3.05, 3.63) is 48.0 Å². The van der Waals surface area contributed by atoms with Crippen LogP contribution in [0.25, 0.3) is 10.8 Å². The largest absolute Gasteiger partial charge is 0.375 e. The van der Waals surface area contributed by atoms with E-state index in [-0.39, 0.29) is 36.2 Å². The average Bonchev–Trinajstić information content (AvgIpc) is 3.24. The summed E-state index contributed by atoms with van der Waals surface area (Å²) in [5.74, 6) is 0.934. The highest BCUT2D eigenvalue weighted by Gasteiger charge is 2.32. The molecule has 6 heteroatoms. The van der Waals surface area contributed by atoms with Crippen LogP contribution in [0.1, 0.15) is 18.4 Å². The second-order valence-electron chi connectivity index (χ2n) is 6.95. The summed E-state index contributed by atoms with van der Waals surface area (Å²) >= 11 is 0. The minimum absolute atomic E-state index is 0. The van der Waals surface area contributed by atoms with Crippen molar-refractivity contribution in [2.24, 2.45) is 4.99 Å². The van der Waals surface area contributed by atoms with E-state index in [1.54, 1.807) is 0 Å². The number of nitrogens with zero attached hydrogens (tertiary/aromatic N) is 2. The fourth-order valence-corrected chi connectivity index (χ4v) is 3.94. The predicted octanol–water partition coefficient (Wildman–Crippen LogP) is 3.41. The number of guanidine groups is 1. The van der Waals surface area contributed by atoms with Crippen LogP contribution in [0, 0.1) is 0 Å². The molecule has 0 saturated carbocycles. The Morgan fingerprint density at radius 1 is 1.11 bits per heavy atom. The van der Waals surface area contributed by atoms with Crippen LogP contribution in [0.3, 0.4) is 0 Å². The van der Waals surface area contributed by atoms with E-state index in [2.05, 4.69) is 57.7 Å². The van der Waals surface area contributed by atoms with Crippen LogP contribution in [0.5, 0.6) is 0 Å². The normalized spacial score (nSPS) is 23.3. The number of benzene rings is 2. The number of morpholine rings is 1. The number of nitrogens with one attached hydrogen (secondary N) is 1. The first-order chi connectivity index (χ1) is 12.8. The summed E-state index contributed by atoms with van der Waals surface area (Å²) in [6.45, 7) is 4.03. The van der Waals surface area contributed by atoms with E-state index in [9.17, 15) is 0 Å². The number of fused-ring (bicyclic) bond motifs is 1. The first-order valence-electron chi connectivity index (χ1n) is 9.50. The molecule has 2 fully saturated rings. The third-order valence-corrected chi connectivity index (χ3v) is 5.30. The fraction of sp³-hybridized carbons (Fsp3) is 0.476. The Morgan fingerprint density at radius 2 is 1.93 bits per heavy atom. The zero-order valence-electron chi connectivity index (χ0n) is 15.8. The van der Waals surface area contributed by atoms with Crippen molar-refractivity contribution in [1.29, 1.82) is 0 Å². The van der Waals surface area contributed by atoms with Crippen LogP contribution < -0.4 is 5.32 Å². The van der Waals surface area contributed by atoms with E-state index in [0.29, 0.717) is 0 Å². The first kappa shape index (κ1) is 20.4. The fourth-order valence-electron chi connectivity index (χ4n) is 3.94. The van der Waals surface area contributed by atoms with Gasteiger partial charge in [-0.3, -0.25) is 4.99 Å². The molecule has 146 valence electrons. The van der Waals surface area contributed by atoms with Crippen molar-refractivity contribution >= 4 is 40.7 Å².